The van der Waals surface area contributed by atoms with Crippen LogP contribution < -0.4 is 14.5 Å². The highest BCUT2D eigenvalue weighted by Gasteiger charge is 2.75. The van der Waals surface area contributed by atoms with E-state index >= 15 is 0 Å². The van der Waals surface area contributed by atoms with Crippen LogP contribution in [0.3, 0.4) is 0 Å². The number of nitrogens with zero attached hydrogens (tertiary/aromatic N) is 3. The first-order valence-electron chi connectivity index (χ1n) is 12.8. The van der Waals surface area contributed by atoms with E-state index in [4.69, 9.17) is 4.74 Å². The van der Waals surface area contributed by atoms with Crippen LogP contribution in [-0.2, 0) is 26.5 Å². The number of anilines is 2. The molecule has 0 aliphatic carbocycles. The van der Waals surface area contributed by atoms with Crippen molar-refractivity contribution in [1.29, 1.82) is 0 Å². The van der Waals surface area contributed by atoms with Crippen LogP contribution in [0, 0.1) is 11.8 Å². The van der Waals surface area contributed by atoms with Crippen LogP contribution in [-0.4, -0.2) is 42.3 Å². The van der Waals surface area contributed by atoms with Gasteiger partial charge >= 0.3 is 0 Å². The average Bonchev–Trinajstić information content (AvgIpc) is 3.64. The molecule has 0 radical (unpaired) electrons. The number of rotatable bonds is 4. The number of carbonyl (C=O) groups excluding carboxylic acids is 3. The van der Waals surface area contributed by atoms with Gasteiger partial charge in [-0.05, 0) is 55.3 Å². The first-order chi connectivity index (χ1) is 18.1. The van der Waals surface area contributed by atoms with Gasteiger partial charge in [0, 0.05) is 17.3 Å². The summed E-state index contributed by atoms with van der Waals surface area (Å²) in [5.74, 6) is -1.26. The summed E-state index contributed by atoms with van der Waals surface area (Å²) in [6, 6.07) is 24.5. The van der Waals surface area contributed by atoms with Crippen LogP contribution in [0.2, 0.25) is 0 Å². The molecule has 4 aliphatic heterocycles. The van der Waals surface area contributed by atoms with Crippen LogP contribution in [0.25, 0.3) is 0 Å². The Balaban J connectivity index is 1.37. The van der Waals surface area contributed by atoms with Gasteiger partial charge in [0.1, 0.15) is 11.3 Å². The molecule has 4 aliphatic rings. The standard InChI is InChI=1S/C30H27N3O4/c1-37-21-15-13-20(14-16-21)33-27(34)25-24-12-7-17-32(24)30(26(25)28(33)35)22-10-5-6-11-23(22)31(29(30)36)18-19-8-3-2-4-9-19/h2-6,8-11,13-16,24-26H,7,12,17-18H2,1H3/t24-,25-,26-,30+/m0/s1. The van der Waals surface area contributed by atoms with Crippen molar-refractivity contribution in [2.24, 2.45) is 11.8 Å². The maximum atomic E-state index is 14.6. The second-order valence-electron chi connectivity index (χ2n) is 10.3. The molecule has 1 spiro atoms. The molecule has 3 aromatic rings. The summed E-state index contributed by atoms with van der Waals surface area (Å²) in [6.07, 6.45) is 1.69. The number of fused-ring (bicyclic) bond motifs is 7. The predicted molar refractivity (Wildman–Crippen MR) is 138 cm³/mol. The largest absolute Gasteiger partial charge is 0.497 e. The molecule has 3 fully saturated rings. The maximum absolute atomic E-state index is 14.6. The molecule has 186 valence electrons. The van der Waals surface area contributed by atoms with Crippen LogP contribution in [0.1, 0.15) is 24.0 Å². The van der Waals surface area contributed by atoms with Gasteiger partial charge in [-0.15, -0.1) is 0 Å². The van der Waals surface area contributed by atoms with E-state index in [-0.39, 0.29) is 23.8 Å². The zero-order valence-corrected chi connectivity index (χ0v) is 20.5. The van der Waals surface area contributed by atoms with Crippen molar-refractivity contribution in [2.75, 3.05) is 23.5 Å². The Labute approximate surface area is 215 Å². The van der Waals surface area contributed by atoms with Crippen LogP contribution >= 0.6 is 0 Å². The first kappa shape index (κ1) is 22.2. The molecule has 0 saturated carbocycles. The van der Waals surface area contributed by atoms with Crippen LogP contribution in [0.4, 0.5) is 11.4 Å². The number of amides is 3. The van der Waals surface area contributed by atoms with E-state index in [1.807, 2.05) is 59.5 Å². The van der Waals surface area contributed by atoms with Crippen molar-refractivity contribution in [2.45, 2.75) is 31.0 Å². The highest BCUT2D eigenvalue weighted by molar-refractivity contribution is 6.26. The molecule has 7 heteroatoms. The second kappa shape index (κ2) is 8.02. The second-order valence-corrected chi connectivity index (χ2v) is 10.3. The fourth-order valence-corrected chi connectivity index (χ4v) is 7.25. The lowest BCUT2D eigenvalue weighted by atomic mass is 9.75. The Kier molecular flexibility index (Phi) is 4.82. The average molecular weight is 494 g/mol. The Bertz CT molecular complexity index is 1420. The number of hydrogen-bond donors (Lipinski definition) is 0. The van der Waals surface area contributed by atoms with E-state index in [9.17, 15) is 14.4 Å². The fourth-order valence-electron chi connectivity index (χ4n) is 7.25. The molecular formula is C30H27N3O4. The van der Waals surface area contributed by atoms with Crippen molar-refractivity contribution in [3.05, 3.63) is 90.0 Å². The molecule has 37 heavy (non-hydrogen) atoms. The minimum Gasteiger partial charge on any atom is -0.497 e. The lowest BCUT2D eigenvalue weighted by Crippen LogP contribution is -2.55. The number of methoxy groups -OCH3 is 1. The van der Waals surface area contributed by atoms with Crippen molar-refractivity contribution >= 4 is 29.1 Å². The molecule has 3 aromatic carbocycles. The molecule has 7 rings (SSSR count). The Hall–Kier alpha value is -3.97. The van der Waals surface area contributed by atoms with Gasteiger partial charge in [-0.1, -0.05) is 48.5 Å². The fraction of sp³-hybridized carbons (Fsp3) is 0.300. The van der Waals surface area contributed by atoms with Gasteiger partial charge in [-0.25, -0.2) is 4.90 Å². The predicted octanol–water partition coefficient (Wildman–Crippen LogP) is 3.72. The number of para-hydroxylation sites is 1. The Morgan fingerprint density at radius 3 is 2.38 bits per heavy atom. The molecule has 3 saturated heterocycles. The van der Waals surface area contributed by atoms with Gasteiger partial charge in [0.2, 0.25) is 11.8 Å². The van der Waals surface area contributed by atoms with Gasteiger partial charge in [0.25, 0.3) is 5.91 Å². The lowest BCUT2D eigenvalue weighted by molar-refractivity contribution is -0.137. The molecule has 0 N–H and O–H groups in total. The van der Waals surface area contributed by atoms with Crippen molar-refractivity contribution in [1.82, 2.24) is 4.90 Å². The third-order valence-corrected chi connectivity index (χ3v) is 8.66. The third-order valence-electron chi connectivity index (χ3n) is 8.66. The number of benzene rings is 3. The monoisotopic (exact) mass is 493 g/mol. The van der Waals surface area contributed by atoms with Gasteiger partial charge in [0.05, 0.1) is 31.2 Å². The zero-order valence-electron chi connectivity index (χ0n) is 20.5. The van der Waals surface area contributed by atoms with Crippen molar-refractivity contribution in [3.8, 4) is 5.75 Å². The normalized spacial score (nSPS) is 28.2. The highest BCUT2D eigenvalue weighted by Crippen LogP contribution is 2.62. The Morgan fingerprint density at radius 2 is 1.62 bits per heavy atom. The molecule has 0 aromatic heterocycles. The molecule has 7 nitrogen and oxygen atoms in total. The van der Waals surface area contributed by atoms with E-state index in [1.165, 1.54) is 4.90 Å². The number of ether oxygens (including phenoxy) is 1. The SMILES string of the molecule is COc1ccc(N2C(=O)[C@@H]3[C@@H](C2=O)[C@]2(C(=O)N(Cc4ccccc4)c4ccccc42)N2CCC[C@@H]32)cc1. The van der Waals surface area contributed by atoms with E-state index in [1.54, 1.807) is 31.4 Å². The molecule has 4 heterocycles. The van der Waals surface area contributed by atoms with Crippen LogP contribution in [0.15, 0.2) is 78.9 Å². The third kappa shape index (κ3) is 2.83. The summed E-state index contributed by atoms with van der Waals surface area (Å²) in [5.41, 5.74) is 2.03. The van der Waals surface area contributed by atoms with E-state index in [0.717, 1.165) is 29.7 Å². The molecular weight excluding hydrogens is 466 g/mol. The van der Waals surface area contributed by atoms with Gasteiger partial charge in [-0.2, -0.15) is 0 Å². The number of imide groups is 1. The first-order valence-corrected chi connectivity index (χ1v) is 12.8. The van der Waals surface area contributed by atoms with E-state index in [2.05, 4.69) is 4.90 Å². The molecule has 4 atom stereocenters. The summed E-state index contributed by atoms with van der Waals surface area (Å²) in [6.45, 7) is 1.11. The summed E-state index contributed by atoms with van der Waals surface area (Å²) in [7, 11) is 1.58. The molecule has 3 amide bonds. The summed E-state index contributed by atoms with van der Waals surface area (Å²) >= 11 is 0. The molecule has 0 unspecified atom stereocenters. The minimum atomic E-state index is -1.18. The zero-order chi connectivity index (χ0) is 25.3. The van der Waals surface area contributed by atoms with Gasteiger partial charge in [0.15, 0.2) is 0 Å². The smallest absolute Gasteiger partial charge is 0.253 e. The van der Waals surface area contributed by atoms with Gasteiger partial charge in [-0.3, -0.25) is 19.3 Å². The summed E-state index contributed by atoms with van der Waals surface area (Å²) < 4.78 is 5.26. The quantitative estimate of drug-likeness (QED) is 0.518. The number of carbonyl (C=O) groups is 3. The van der Waals surface area contributed by atoms with Crippen LogP contribution in [0.5, 0.6) is 5.75 Å². The van der Waals surface area contributed by atoms with Crippen molar-refractivity contribution in [3.63, 3.8) is 0 Å². The van der Waals surface area contributed by atoms with Crippen molar-refractivity contribution < 1.29 is 19.1 Å². The maximum Gasteiger partial charge on any atom is 0.253 e. The lowest BCUT2D eigenvalue weighted by Gasteiger charge is -2.37. The number of hydrogen-bond acceptors (Lipinski definition) is 5. The van der Waals surface area contributed by atoms with Gasteiger partial charge < -0.3 is 9.64 Å². The Morgan fingerprint density at radius 1 is 0.892 bits per heavy atom. The minimum absolute atomic E-state index is 0.102. The van der Waals surface area contributed by atoms with E-state index < -0.39 is 17.4 Å². The topological polar surface area (TPSA) is 70.2 Å². The molecule has 0 bridgehead atoms. The van der Waals surface area contributed by atoms with E-state index in [0.29, 0.717) is 24.5 Å². The summed E-state index contributed by atoms with van der Waals surface area (Å²) in [5, 5.41) is 0. The highest BCUT2D eigenvalue weighted by atomic mass is 16.5. The summed E-state index contributed by atoms with van der Waals surface area (Å²) in [4.78, 5) is 48.1.